The van der Waals surface area contributed by atoms with Gasteiger partial charge in [0.25, 0.3) is 0 Å². The van der Waals surface area contributed by atoms with Crippen molar-refractivity contribution in [2.24, 2.45) is 23.1 Å². The number of Topliss-reactive ketones (excluding diaryl/α,β-unsaturated/α-hetero) is 1. The Bertz CT molecular complexity index is 4630. The lowest BCUT2D eigenvalue weighted by atomic mass is 9.72. The van der Waals surface area contributed by atoms with Gasteiger partial charge in [0.2, 0.25) is 94.4 Å². The molecule has 0 saturated carbocycles. The first kappa shape index (κ1) is 104. The number of ketones is 3. The molecule has 0 bridgehead atoms. The van der Waals surface area contributed by atoms with Crippen molar-refractivity contribution >= 4 is 106 Å². The molecule has 29 N–H and O–H groups in total. The monoisotopic (exact) mass is 1810 g/mol. The van der Waals surface area contributed by atoms with E-state index in [1.807, 2.05) is 0 Å². The highest BCUT2D eigenvalue weighted by molar-refractivity contribution is 6.31. The number of nitrogens with one attached hydrogen (secondary N) is 13. The second-order valence-corrected chi connectivity index (χ2v) is 31.7. The maximum absolute atomic E-state index is 14.4. The summed E-state index contributed by atoms with van der Waals surface area (Å²) in [6.45, 7) is 5.63. The van der Waals surface area contributed by atoms with Gasteiger partial charge in [-0.3, -0.25) is 86.3 Å². The Kier molecular flexibility index (Phi) is 38.6. The molecule has 2 aliphatic carbocycles. The zero-order valence-electron chi connectivity index (χ0n) is 71.6. The number of amides is 15. The van der Waals surface area contributed by atoms with Crippen LogP contribution in [0.2, 0.25) is 0 Å². The number of phenolic OH excluding ortho intramolecular Hbond substituents is 3. The van der Waals surface area contributed by atoms with E-state index in [1.165, 1.54) is 63.4 Å². The molecule has 1 fully saturated rings. The number of phenols is 3. The number of aliphatic hydroxyl groups is 7. The van der Waals surface area contributed by atoms with Crippen molar-refractivity contribution < 1.29 is 152 Å². The maximum Gasteiger partial charge on any atom is 0.245 e. The number of aliphatic hydroxyl groups excluding tert-OH is 6. The first-order chi connectivity index (χ1) is 60.2. The van der Waals surface area contributed by atoms with E-state index in [2.05, 4.69) is 69.1 Å². The third-order valence-electron chi connectivity index (χ3n) is 21.2. The van der Waals surface area contributed by atoms with Crippen LogP contribution in [0.3, 0.4) is 0 Å². The largest absolute Gasteiger partial charge is 0.508 e. The molecule has 3 aliphatic rings. The Balaban J connectivity index is 1.10. The molecule has 6 rings (SSSR count). The van der Waals surface area contributed by atoms with Gasteiger partial charge in [-0.2, -0.15) is 0 Å². The molecule has 47 heteroatoms. The minimum Gasteiger partial charge on any atom is -0.508 e. The van der Waals surface area contributed by atoms with Crippen molar-refractivity contribution in [1.29, 1.82) is 0 Å². The number of ether oxygens (including phenoxy) is 3. The molecule has 0 aromatic heterocycles. The molecule has 3 aromatic carbocycles. The summed E-state index contributed by atoms with van der Waals surface area (Å²) in [5.74, 6) is -22.2. The van der Waals surface area contributed by atoms with Gasteiger partial charge in [-0.15, -0.1) is 0 Å². The van der Waals surface area contributed by atoms with Gasteiger partial charge in [-0.05, 0) is 103 Å². The van der Waals surface area contributed by atoms with Crippen LogP contribution in [0.25, 0.3) is 0 Å². The minimum atomic E-state index is -2.55. The second-order valence-electron chi connectivity index (χ2n) is 31.7. The molecular formula is C81H114N16O31. The molecular weight excluding hydrogens is 1690 g/mol. The van der Waals surface area contributed by atoms with Crippen molar-refractivity contribution in [3.8, 4) is 23.0 Å². The quantitative estimate of drug-likeness (QED) is 0.0144. The fraction of sp³-hybridized carbons (Fsp3) is 0.556. The Morgan fingerprint density at radius 3 is 1.56 bits per heavy atom. The summed E-state index contributed by atoms with van der Waals surface area (Å²) >= 11 is 0. The number of carbonyl (C=O) groups excluding carboxylic acids is 18. The second kappa shape index (κ2) is 47.4. The predicted octanol–water partition coefficient (Wildman–Crippen LogP) is -9.32. The number of rotatable bonds is 47. The fourth-order valence-corrected chi connectivity index (χ4v) is 14.3. The molecule has 0 radical (unpaired) electrons. The van der Waals surface area contributed by atoms with E-state index in [0.717, 1.165) is 27.7 Å². The SMILES string of the molecule is COc1cccc2c1C(=O)c1c(O)c3c(c(O)c1C2=O)C[C@@](O)(C(=O)CO)C[C@@H]3O[C@@H]1C[C@H](NC(=O)[C@H](CC(C)C)NC(=O)[C@@H](NC(=O)[C@H](CO)NC(=O)[C@H](C)NC(=O)[C@H](CO)NC(=O)[C@H](CCC(N)=O)NC(=O)[C@H](Cc2ccc(O)cc2)NC(=O)[C@H](CO)NC(=O)[C@H](C)NC(=O)[C@H](CCCCN)NC(=O)[C@H](CC(N)=O)NC(=O)[C@H](C)NC(C)=O)[C@@H](C)O)[C@H](O)[C@H](C)O1. The zero-order chi connectivity index (χ0) is 95.8. The normalized spacial score (nSPS) is 19.9. The van der Waals surface area contributed by atoms with E-state index < -0.39 is 326 Å². The summed E-state index contributed by atoms with van der Waals surface area (Å²) in [5, 5.41) is 139. The molecule has 0 spiro atoms. The number of hydrogen-bond donors (Lipinski definition) is 26. The topological polar surface area (TPSA) is 772 Å². The summed E-state index contributed by atoms with van der Waals surface area (Å²) in [7, 11) is 1.23. The Labute approximate surface area is 732 Å². The summed E-state index contributed by atoms with van der Waals surface area (Å²) in [5.41, 5.74) is 11.5. The number of fused-ring (bicyclic) bond motifs is 3. The molecule has 3 aromatic rings. The summed E-state index contributed by atoms with van der Waals surface area (Å²) in [6, 6.07) is -12.9. The number of primary amides is 2. The summed E-state index contributed by atoms with van der Waals surface area (Å²) in [4.78, 5) is 244. The van der Waals surface area contributed by atoms with Crippen molar-refractivity contribution in [2.45, 2.75) is 241 Å². The third-order valence-corrected chi connectivity index (χ3v) is 21.2. The van der Waals surface area contributed by atoms with E-state index in [-0.39, 0.29) is 59.6 Å². The van der Waals surface area contributed by atoms with Crippen molar-refractivity contribution in [3.05, 3.63) is 81.4 Å². The number of carbonyl (C=O) groups is 18. The van der Waals surface area contributed by atoms with Gasteiger partial charge in [0, 0.05) is 55.7 Å². The van der Waals surface area contributed by atoms with Gasteiger partial charge in [0.05, 0.1) is 74.4 Å². The standard InChI is InChI=1S/C81H114N16O31/c1-33(2)23-47(74(118)90-46-26-58(127-38(7)64(46)108)128-54-28-81(125,55(105)32-101)27-43-60(54)68(112)62-61(66(43)110)65(109)42-13-12-15-53(126-9)59(42)67(62)111)93-80(124)63(37(6)102)97-79(123)52(31-100)95-71(115)36(5)87-77(121)50(29-98)96-73(117)45(20-21-56(83)106)89-75(119)48(24-40-16-18-41(104)19-17-40)92-78(122)51(30-99)94-70(114)35(4)86-72(116)44(14-10-11-22-82)88-76(120)49(25-57(84)107)91-69(113)34(3)85-39(8)103/h12-13,15-19,33-38,44-52,54,58,63-64,98-102,104,108,110,112,125H,10-11,14,20-32,82H2,1-9H3,(H2,83,106)(H2,84,107)(H,85,103)(H,86,116)(H,87,121)(H,88,120)(H,89,119)(H,90,118)(H,91,113)(H,92,122)(H,93,124)(H,94,114)(H,95,115)(H,96,117)(H,97,123)/t34-,35-,36-,37+,38-,44-,45-,46-,47-,48-,49-,50-,51-,52-,54-,58+,63-,64+,81-/m0/s1. The summed E-state index contributed by atoms with van der Waals surface area (Å²) in [6.07, 6.45) is -12.1. The van der Waals surface area contributed by atoms with Crippen LogP contribution in [-0.4, -0.2) is 306 Å². The van der Waals surface area contributed by atoms with E-state index in [0.29, 0.717) is 6.42 Å². The van der Waals surface area contributed by atoms with Crippen molar-refractivity contribution in [3.63, 3.8) is 0 Å². The van der Waals surface area contributed by atoms with Crippen LogP contribution in [0.5, 0.6) is 23.0 Å². The van der Waals surface area contributed by atoms with Crippen LogP contribution in [0.4, 0.5) is 0 Å². The smallest absolute Gasteiger partial charge is 0.245 e. The zero-order valence-corrected chi connectivity index (χ0v) is 71.6. The third kappa shape index (κ3) is 27.8. The molecule has 704 valence electrons. The summed E-state index contributed by atoms with van der Waals surface area (Å²) < 4.78 is 17.6. The lowest BCUT2D eigenvalue weighted by molar-refractivity contribution is -0.249. The van der Waals surface area contributed by atoms with Crippen LogP contribution < -0.4 is 91.1 Å². The fourth-order valence-electron chi connectivity index (χ4n) is 14.3. The van der Waals surface area contributed by atoms with E-state index in [1.54, 1.807) is 13.8 Å². The number of methoxy groups -OCH3 is 1. The molecule has 15 amide bonds. The highest BCUT2D eigenvalue weighted by Crippen LogP contribution is 2.53. The van der Waals surface area contributed by atoms with Crippen LogP contribution in [0.1, 0.15) is 168 Å². The Hall–Kier alpha value is -12.5. The number of nitrogens with two attached hydrogens (primary N) is 3. The number of unbranched alkanes of at least 4 members (excludes halogenated alkanes) is 1. The Morgan fingerprint density at radius 2 is 1.04 bits per heavy atom. The highest BCUT2D eigenvalue weighted by Gasteiger charge is 2.51. The molecule has 19 atom stereocenters. The van der Waals surface area contributed by atoms with Crippen LogP contribution in [0, 0.1) is 5.92 Å². The number of hydrogen-bond acceptors (Lipinski definition) is 32. The molecule has 1 heterocycles. The minimum absolute atomic E-state index is 0.0517. The van der Waals surface area contributed by atoms with E-state index >= 15 is 0 Å². The van der Waals surface area contributed by atoms with E-state index in [9.17, 15) is 137 Å². The van der Waals surface area contributed by atoms with Gasteiger partial charge in [0.15, 0.2) is 17.9 Å². The average molecular weight is 1810 g/mol. The molecule has 128 heavy (non-hydrogen) atoms. The average Bonchev–Trinajstić information content (AvgIpc) is 0.708. The number of benzene rings is 3. The van der Waals surface area contributed by atoms with Gasteiger partial charge in [-0.1, -0.05) is 38.1 Å². The maximum atomic E-state index is 14.4. The first-order valence-electron chi connectivity index (χ1n) is 40.9. The molecule has 1 aliphatic heterocycles. The van der Waals surface area contributed by atoms with Crippen LogP contribution >= 0.6 is 0 Å². The van der Waals surface area contributed by atoms with Gasteiger partial charge >= 0.3 is 0 Å². The van der Waals surface area contributed by atoms with Gasteiger partial charge < -0.3 is 152 Å². The van der Waals surface area contributed by atoms with E-state index in [4.69, 9.17) is 31.4 Å². The lowest BCUT2D eigenvalue weighted by Gasteiger charge is -2.43. The Morgan fingerprint density at radius 1 is 0.555 bits per heavy atom. The number of aromatic hydroxyl groups is 3. The molecule has 0 unspecified atom stereocenters. The van der Waals surface area contributed by atoms with Crippen molar-refractivity contribution in [1.82, 2.24) is 69.1 Å². The van der Waals surface area contributed by atoms with Crippen LogP contribution in [0.15, 0.2) is 42.5 Å². The van der Waals surface area contributed by atoms with Crippen LogP contribution in [-0.2, 0) is 99.0 Å². The lowest BCUT2D eigenvalue weighted by Crippen LogP contribution is -2.63. The first-order valence-corrected chi connectivity index (χ1v) is 40.9. The molecule has 47 nitrogen and oxygen atoms in total. The van der Waals surface area contributed by atoms with Crippen molar-refractivity contribution in [2.75, 3.05) is 40.1 Å². The van der Waals surface area contributed by atoms with Gasteiger partial charge in [-0.25, -0.2) is 0 Å². The highest BCUT2D eigenvalue weighted by atomic mass is 16.7. The predicted molar refractivity (Wildman–Crippen MR) is 441 cm³/mol. The molecule has 1 saturated heterocycles. The van der Waals surface area contributed by atoms with Gasteiger partial charge in [0.1, 0.15) is 114 Å².